The molecule has 3 aromatic heterocycles. The van der Waals surface area contributed by atoms with E-state index in [1.54, 1.807) is 28.5 Å². The predicted molar refractivity (Wildman–Crippen MR) is 118 cm³/mol. The molecule has 154 valence electrons. The van der Waals surface area contributed by atoms with E-state index in [0.29, 0.717) is 25.6 Å². The van der Waals surface area contributed by atoms with Crippen molar-refractivity contribution in [2.24, 2.45) is 0 Å². The molecule has 1 aromatic carbocycles. The molecule has 1 aliphatic rings. The molecule has 0 spiro atoms. The molecule has 0 saturated heterocycles. The maximum atomic E-state index is 13.2. The van der Waals surface area contributed by atoms with Gasteiger partial charge in [0.25, 0.3) is 5.56 Å². The Hall–Kier alpha value is -2.48. The lowest BCUT2D eigenvalue weighted by atomic mass is 9.93. The molecule has 0 amide bonds. The van der Waals surface area contributed by atoms with Gasteiger partial charge < -0.3 is 9.84 Å². The summed E-state index contributed by atoms with van der Waals surface area (Å²) in [5, 5.41) is 9.03. The van der Waals surface area contributed by atoms with E-state index in [0.717, 1.165) is 45.8 Å². The highest BCUT2D eigenvalue weighted by Gasteiger charge is 2.25. The van der Waals surface area contributed by atoms with Crippen LogP contribution in [0.5, 0.6) is 0 Å². The minimum absolute atomic E-state index is 0.0542. The summed E-state index contributed by atoms with van der Waals surface area (Å²) >= 11 is 7.91. The fourth-order valence-electron chi connectivity index (χ4n) is 4.05. The normalized spacial score (nSPS) is 16.1. The predicted octanol–water partition coefficient (Wildman–Crippen LogP) is 3.99. The average Bonchev–Trinajstić information content (AvgIpc) is 3.40. The van der Waals surface area contributed by atoms with E-state index in [4.69, 9.17) is 16.1 Å². The molecule has 0 bridgehead atoms. The fraction of sp³-hybridized carbons (Fsp3) is 0.318. The number of rotatable bonds is 6. The number of fused-ring (bicyclic) bond motifs is 3. The van der Waals surface area contributed by atoms with Crippen molar-refractivity contribution >= 4 is 33.2 Å². The van der Waals surface area contributed by atoms with Crippen LogP contribution in [0.1, 0.15) is 28.1 Å². The number of benzene rings is 1. The van der Waals surface area contributed by atoms with Crippen molar-refractivity contribution in [3.05, 3.63) is 80.0 Å². The second kappa shape index (κ2) is 8.34. The summed E-state index contributed by atoms with van der Waals surface area (Å²) in [6, 6.07) is 9.99. The van der Waals surface area contributed by atoms with Crippen molar-refractivity contribution in [3.8, 4) is 0 Å². The van der Waals surface area contributed by atoms with E-state index in [1.807, 2.05) is 30.3 Å². The molecule has 1 atom stereocenters. The van der Waals surface area contributed by atoms with E-state index < -0.39 is 0 Å². The van der Waals surface area contributed by atoms with Crippen LogP contribution in [0, 0.1) is 0 Å². The zero-order chi connectivity index (χ0) is 20.5. The largest absolute Gasteiger partial charge is 0.364 e. The Morgan fingerprint density at radius 1 is 1.30 bits per heavy atom. The Labute approximate surface area is 182 Å². The maximum Gasteiger partial charge on any atom is 0.262 e. The van der Waals surface area contributed by atoms with Gasteiger partial charge in [-0.2, -0.15) is 0 Å². The number of nitrogens with zero attached hydrogens (tertiary/aromatic N) is 3. The van der Waals surface area contributed by atoms with E-state index in [9.17, 15) is 4.79 Å². The van der Waals surface area contributed by atoms with Crippen LogP contribution < -0.4 is 10.9 Å². The average molecular weight is 441 g/mol. The SMILES string of the molecule is O=c1c2c3c(sc2ncn1CCc1ccccc1Cl)CC(NCc1ccon1)CC3. The van der Waals surface area contributed by atoms with Gasteiger partial charge >= 0.3 is 0 Å². The van der Waals surface area contributed by atoms with Crippen molar-refractivity contribution in [1.82, 2.24) is 20.0 Å². The van der Waals surface area contributed by atoms with Crippen LogP contribution in [0.4, 0.5) is 0 Å². The number of hydrogen-bond donors (Lipinski definition) is 1. The summed E-state index contributed by atoms with van der Waals surface area (Å²) in [5.74, 6) is 0. The van der Waals surface area contributed by atoms with Gasteiger partial charge in [-0.15, -0.1) is 11.3 Å². The molecule has 1 aliphatic carbocycles. The van der Waals surface area contributed by atoms with Crippen molar-refractivity contribution in [2.75, 3.05) is 0 Å². The zero-order valence-electron chi connectivity index (χ0n) is 16.3. The van der Waals surface area contributed by atoms with Gasteiger partial charge in [-0.3, -0.25) is 9.36 Å². The second-order valence-electron chi connectivity index (χ2n) is 7.58. The molecule has 0 fully saturated rings. The first-order valence-electron chi connectivity index (χ1n) is 10.0. The van der Waals surface area contributed by atoms with Crippen LogP contribution in [-0.2, 0) is 32.4 Å². The van der Waals surface area contributed by atoms with Gasteiger partial charge in [0.1, 0.15) is 11.1 Å². The molecule has 5 rings (SSSR count). The van der Waals surface area contributed by atoms with Crippen LogP contribution in [-0.4, -0.2) is 20.7 Å². The van der Waals surface area contributed by atoms with Crippen LogP contribution in [0.25, 0.3) is 10.2 Å². The standard InChI is InChI=1S/C22H21ClN4O2S/c23-18-4-2-1-3-14(18)7-9-27-13-25-21-20(22(27)28)17-6-5-15(11-19(17)30-21)24-12-16-8-10-29-26-16/h1-4,8,10,13,15,24H,5-7,9,11-12H2. The number of aryl methyl sites for hydroxylation is 3. The van der Waals surface area contributed by atoms with E-state index in [1.165, 1.54) is 10.4 Å². The monoisotopic (exact) mass is 440 g/mol. The van der Waals surface area contributed by atoms with Crippen molar-refractivity contribution in [1.29, 1.82) is 0 Å². The summed E-state index contributed by atoms with van der Waals surface area (Å²) in [7, 11) is 0. The molecule has 1 N–H and O–H groups in total. The molecule has 0 saturated carbocycles. The lowest BCUT2D eigenvalue weighted by molar-refractivity contribution is 0.399. The van der Waals surface area contributed by atoms with Gasteiger partial charge in [0.15, 0.2) is 0 Å². The third kappa shape index (κ3) is 3.80. The smallest absolute Gasteiger partial charge is 0.262 e. The Morgan fingerprint density at radius 3 is 3.03 bits per heavy atom. The quantitative estimate of drug-likeness (QED) is 0.490. The number of hydrogen-bond acceptors (Lipinski definition) is 6. The van der Waals surface area contributed by atoms with Crippen LogP contribution >= 0.6 is 22.9 Å². The molecule has 0 aliphatic heterocycles. The van der Waals surface area contributed by atoms with E-state index in [-0.39, 0.29) is 5.56 Å². The van der Waals surface area contributed by atoms with Gasteiger partial charge in [0, 0.05) is 35.1 Å². The highest BCUT2D eigenvalue weighted by molar-refractivity contribution is 7.18. The number of thiophene rings is 1. The zero-order valence-corrected chi connectivity index (χ0v) is 17.9. The summed E-state index contributed by atoms with van der Waals surface area (Å²) in [6.07, 6.45) is 6.75. The van der Waals surface area contributed by atoms with Gasteiger partial charge in [0.05, 0.1) is 17.4 Å². The van der Waals surface area contributed by atoms with Gasteiger partial charge in [-0.25, -0.2) is 4.98 Å². The van der Waals surface area contributed by atoms with Crippen LogP contribution in [0.2, 0.25) is 5.02 Å². The molecule has 3 heterocycles. The molecular weight excluding hydrogens is 420 g/mol. The van der Waals surface area contributed by atoms with Gasteiger partial charge in [0.2, 0.25) is 0 Å². The Kier molecular flexibility index (Phi) is 5.41. The van der Waals surface area contributed by atoms with E-state index >= 15 is 0 Å². The Bertz CT molecular complexity index is 1230. The molecule has 8 heteroatoms. The molecule has 0 radical (unpaired) electrons. The number of aromatic nitrogens is 3. The first-order valence-corrected chi connectivity index (χ1v) is 11.2. The minimum atomic E-state index is 0.0542. The number of nitrogens with one attached hydrogen (secondary N) is 1. The van der Waals surface area contributed by atoms with Crippen molar-refractivity contribution in [2.45, 2.75) is 44.8 Å². The van der Waals surface area contributed by atoms with Crippen LogP contribution in [0.3, 0.4) is 0 Å². The van der Waals surface area contributed by atoms with Crippen LogP contribution in [0.15, 0.2) is 52.2 Å². The Balaban J connectivity index is 1.35. The lowest BCUT2D eigenvalue weighted by Gasteiger charge is -2.23. The topological polar surface area (TPSA) is 73.0 Å². The molecule has 30 heavy (non-hydrogen) atoms. The first-order chi connectivity index (χ1) is 14.7. The van der Waals surface area contributed by atoms with Crippen molar-refractivity contribution < 1.29 is 4.52 Å². The summed E-state index contributed by atoms with van der Waals surface area (Å²) in [6.45, 7) is 1.26. The van der Waals surface area contributed by atoms with Gasteiger partial charge in [-0.05, 0) is 42.9 Å². The molecule has 4 aromatic rings. The van der Waals surface area contributed by atoms with Gasteiger partial charge in [-0.1, -0.05) is 35.0 Å². The second-order valence-corrected chi connectivity index (χ2v) is 9.07. The minimum Gasteiger partial charge on any atom is -0.364 e. The highest BCUT2D eigenvalue weighted by atomic mass is 35.5. The molecular formula is C22H21ClN4O2S. The van der Waals surface area contributed by atoms with Crippen molar-refractivity contribution in [3.63, 3.8) is 0 Å². The fourth-order valence-corrected chi connectivity index (χ4v) is 5.54. The Morgan fingerprint density at radius 2 is 2.20 bits per heavy atom. The maximum absolute atomic E-state index is 13.2. The highest BCUT2D eigenvalue weighted by Crippen LogP contribution is 2.33. The summed E-state index contributed by atoms with van der Waals surface area (Å²) < 4.78 is 6.60. The van der Waals surface area contributed by atoms with E-state index in [2.05, 4.69) is 15.5 Å². The summed E-state index contributed by atoms with van der Waals surface area (Å²) in [5.41, 5.74) is 3.18. The molecule has 6 nitrogen and oxygen atoms in total. The third-order valence-corrected chi connectivity index (χ3v) is 7.21. The first kappa shape index (κ1) is 19.5. The molecule has 1 unspecified atom stereocenters. The lowest BCUT2D eigenvalue weighted by Crippen LogP contribution is -2.34. The number of halogens is 1. The summed E-state index contributed by atoms with van der Waals surface area (Å²) in [4.78, 5) is 19.9. The third-order valence-electron chi connectivity index (χ3n) is 5.68.